The number of piperidine rings is 1. The Morgan fingerprint density at radius 1 is 1.33 bits per heavy atom. The molecular weight excluding hydrogens is 224 g/mol. The van der Waals surface area contributed by atoms with Crippen LogP contribution in [0, 0.1) is 0 Å². The first-order valence-corrected chi connectivity index (χ1v) is 7.03. The summed E-state index contributed by atoms with van der Waals surface area (Å²) in [6, 6.07) is 8.72. The lowest BCUT2D eigenvalue weighted by Crippen LogP contribution is -2.42. The summed E-state index contributed by atoms with van der Waals surface area (Å²) < 4.78 is 5.67. The summed E-state index contributed by atoms with van der Waals surface area (Å²) in [5, 5.41) is 0. The zero-order chi connectivity index (χ0) is 12.8. The minimum absolute atomic E-state index is 0.319. The smallest absolute Gasteiger partial charge is 0.119 e. The molecule has 0 spiro atoms. The molecule has 0 amide bonds. The number of benzene rings is 1. The van der Waals surface area contributed by atoms with Crippen LogP contribution in [-0.4, -0.2) is 25.7 Å². The Morgan fingerprint density at radius 2 is 2.11 bits per heavy atom. The van der Waals surface area contributed by atoms with Crippen LogP contribution in [0.1, 0.15) is 32.6 Å². The van der Waals surface area contributed by atoms with Gasteiger partial charge in [0, 0.05) is 24.8 Å². The number of anilines is 1. The minimum atomic E-state index is 0.319. The Balaban J connectivity index is 1.90. The fourth-order valence-corrected chi connectivity index (χ4v) is 2.33. The Bertz CT molecular complexity index is 350. The number of ether oxygens (including phenoxy) is 1. The van der Waals surface area contributed by atoms with Crippen LogP contribution in [0.2, 0.25) is 0 Å². The van der Waals surface area contributed by atoms with Crippen molar-refractivity contribution in [3.8, 4) is 5.75 Å². The van der Waals surface area contributed by atoms with Crippen molar-refractivity contribution in [3.63, 3.8) is 0 Å². The third-order valence-electron chi connectivity index (χ3n) is 3.43. The molecule has 1 atom stereocenters. The molecule has 18 heavy (non-hydrogen) atoms. The number of hydrogen-bond donors (Lipinski definition) is 1. The van der Waals surface area contributed by atoms with E-state index in [1.54, 1.807) is 0 Å². The Kier molecular flexibility index (Phi) is 4.88. The molecule has 100 valence electrons. The molecule has 0 aliphatic carbocycles. The van der Waals surface area contributed by atoms with Gasteiger partial charge in [0.05, 0.1) is 6.61 Å². The van der Waals surface area contributed by atoms with Gasteiger partial charge in [-0.2, -0.15) is 0 Å². The predicted octanol–water partition coefficient (Wildman–Crippen LogP) is 2.79. The number of unbranched alkanes of at least 4 members (excludes halogenated alkanes) is 1. The standard InChI is InChI=1S/C15H24N2O/c1-2-3-11-18-15-8-6-14(7-9-15)17-10-4-5-13(16)12-17/h6-9,13H,2-5,10-12,16H2,1H3. The third kappa shape index (κ3) is 3.64. The average Bonchev–Trinajstić information content (AvgIpc) is 2.40. The first kappa shape index (κ1) is 13.2. The lowest BCUT2D eigenvalue weighted by Gasteiger charge is -2.32. The summed E-state index contributed by atoms with van der Waals surface area (Å²) >= 11 is 0. The van der Waals surface area contributed by atoms with Gasteiger partial charge in [-0.05, 0) is 43.5 Å². The highest BCUT2D eigenvalue weighted by Crippen LogP contribution is 2.22. The van der Waals surface area contributed by atoms with Gasteiger partial charge in [-0.15, -0.1) is 0 Å². The number of hydrogen-bond acceptors (Lipinski definition) is 3. The van der Waals surface area contributed by atoms with Crippen LogP contribution in [0.15, 0.2) is 24.3 Å². The number of nitrogens with two attached hydrogens (primary N) is 1. The molecule has 2 rings (SSSR count). The van der Waals surface area contributed by atoms with Crippen LogP contribution < -0.4 is 15.4 Å². The molecule has 1 aromatic rings. The summed E-state index contributed by atoms with van der Waals surface area (Å²) in [5.41, 5.74) is 7.26. The normalized spacial score (nSPS) is 19.9. The van der Waals surface area contributed by atoms with Gasteiger partial charge >= 0.3 is 0 Å². The summed E-state index contributed by atoms with van der Waals surface area (Å²) in [4.78, 5) is 2.37. The molecule has 0 saturated carbocycles. The van der Waals surface area contributed by atoms with E-state index >= 15 is 0 Å². The fraction of sp³-hybridized carbons (Fsp3) is 0.600. The van der Waals surface area contributed by atoms with Gasteiger partial charge in [0.15, 0.2) is 0 Å². The molecule has 1 aromatic carbocycles. The van der Waals surface area contributed by atoms with Gasteiger partial charge < -0.3 is 15.4 Å². The molecule has 0 bridgehead atoms. The van der Waals surface area contributed by atoms with Crippen LogP contribution in [-0.2, 0) is 0 Å². The maximum absolute atomic E-state index is 6.01. The number of nitrogens with zero attached hydrogens (tertiary/aromatic N) is 1. The maximum atomic E-state index is 6.01. The summed E-state index contributed by atoms with van der Waals surface area (Å²) in [7, 11) is 0. The van der Waals surface area contributed by atoms with E-state index < -0.39 is 0 Å². The van der Waals surface area contributed by atoms with E-state index in [0.29, 0.717) is 6.04 Å². The molecule has 3 heteroatoms. The number of rotatable bonds is 5. The fourth-order valence-electron chi connectivity index (χ4n) is 2.33. The minimum Gasteiger partial charge on any atom is -0.494 e. The lowest BCUT2D eigenvalue weighted by molar-refractivity contribution is 0.309. The van der Waals surface area contributed by atoms with Gasteiger partial charge in [0.25, 0.3) is 0 Å². The molecule has 1 unspecified atom stereocenters. The van der Waals surface area contributed by atoms with Crippen LogP contribution in [0.25, 0.3) is 0 Å². The Labute approximate surface area is 110 Å². The SMILES string of the molecule is CCCCOc1ccc(N2CCCC(N)C2)cc1. The molecule has 1 heterocycles. The van der Waals surface area contributed by atoms with Crippen molar-refractivity contribution in [2.24, 2.45) is 5.73 Å². The predicted molar refractivity (Wildman–Crippen MR) is 76.3 cm³/mol. The highest BCUT2D eigenvalue weighted by atomic mass is 16.5. The molecule has 1 aliphatic heterocycles. The van der Waals surface area contributed by atoms with E-state index in [2.05, 4.69) is 36.1 Å². The van der Waals surface area contributed by atoms with Crippen molar-refractivity contribution >= 4 is 5.69 Å². The second-order valence-electron chi connectivity index (χ2n) is 5.04. The van der Waals surface area contributed by atoms with E-state index in [9.17, 15) is 0 Å². The first-order valence-electron chi connectivity index (χ1n) is 7.03. The molecule has 0 aromatic heterocycles. The summed E-state index contributed by atoms with van der Waals surface area (Å²) in [6.45, 7) is 5.07. The summed E-state index contributed by atoms with van der Waals surface area (Å²) in [5.74, 6) is 0.966. The zero-order valence-electron chi connectivity index (χ0n) is 11.3. The molecule has 2 N–H and O–H groups in total. The van der Waals surface area contributed by atoms with Gasteiger partial charge in [0.2, 0.25) is 0 Å². The molecule has 1 fully saturated rings. The van der Waals surface area contributed by atoms with Crippen LogP contribution in [0.4, 0.5) is 5.69 Å². The maximum Gasteiger partial charge on any atom is 0.119 e. The van der Waals surface area contributed by atoms with Crippen LogP contribution >= 0.6 is 0 Å². The third-order valence-corrected chi connectivity index (χ3v) is 3.43. The molecular formula is C15H24N2O. The Hall–Kier alpha value is -1.22. The van der Waals surface area contributed by atoms with E-state index in [1.165, 1.54) is 18.5 Å². The van der Waals surface area contributed by atoms with E-state index in [4.69, 9.17) is 10.5 Å². The molecule has 3 nitrogen and oxygen atoms in total. The topological polar surface area (TPSA) is 38.5 Å². The second kappa shape index (κ2) is 6.64. The largest absolute Gasteiger partial charge is 0.494 e. The quantitative estimate of drug-likeness (QED) is 0.814. The average molecular weight is 248 g/mol. The van der Waals surface area contributed by atoms with Crippen LogP contribution in [0.5, 0.6) is 5.75 Å². The van der Waals surface area contributed by atoms with Crippen molar-refractivity contribution in [2.45, 2.75) is 38.6 Å². The zero-order valence-corrected chi connectivity index (χ0v) is 11.3. The lowest BCUT2D eigenvalue weighted by atomic mass is 10.1. The molecule has 1 aliphatic rings. The monoisotopic (exact) mass is 248 g/mol. The van der Waals surface area contributed by atoms with E-state index in [0.717, 1.165) is 38.3 Å². The second-order valence-corrected chi connectivity index (χ2v) is 5.04. The molecule has 0 radical (unpaired) electrons. The van der Waals surface area contributed by atoms with Gasteiger partial charge in [-0.25, -0.2) is 0 Å². The van der Waals surface area contributed by atoms with Crippen molar-refractivity contribution in [1.82, 2.24) is 0 Å². The van der Waals surface area contributed by atoms with E-state index in [1.807, 2.05) is 0 Å². The highest BCUT2D eigenvalue weighted by Gasteiger charge is 2.16. The van der Waals surface area contributed by atoms with Crippen molar-refractivity contribution in [2.75, 3.05) is 24.6 Å². The highest BCUT2D eigenvalue weighted by molar-refractivity contribution is 5.49. The van der Waals surface area contributed by atoms with Crippen molar-refractivity contribution in [1.29, 1.82) is 0 Å². The van der Waals surface area contributed by atoms with Crippen LogP contribution in [0.3, 0.4) is 0 Å². The Morgan fingerprint density at radius 3 is 2.78 bits per heavy atom. The van der Waals surface area contributed by atoms with Crippen molar-refractivity contribution in [3.05, 3.63) is 24.3 Å². The van der Waals surface area contributed by atoms with Gasteiger partial charge in [-0.1, -0.05) is 13.3 Å². The van der Waals surface area contributed by atoms with Gasteiger partial charge in [-0.3, -0.25) is 0 Å². The first-order chi connectivity index (χ1) is 8.79. The summed E-state index contributed by atoms with van der Waals surface area (Å²) in [6.07, 6.45) is 4.62. The molecule has 1 saturated heterocycles. The van der Waals surface area contributed by atoms with Crippen molar-refractivity contribution < 1.29 is 4.74 Å². The van der Waals surface area contributed by atoms with Gasteiger partial charge in [0.1, 0.15) is 5.75 Å². The van der Waals surface area contributed by atoms with E-state index in [-0.39, 0.29) is 0 Å².